The molecule has 3 atom stereocenters. The van der Waals surface area contributed by atoms with Crippen LogP contribution in [-0.4, -0.2) is 18.0 Å². The van der Waals surface area contributed by atoms with Crippen LogP contribution in [-0.2, 0) is 4.74 Å². The van der Waals surface area contributed by atoms with Gasteiger partial charge in [-0.3, -0.25) is 0 Å². The summed E-state index contributed by atoms with van der Waals surface area (Å²) < 4.78 is 5.91. The molecule has 0 spiro atoms. The predicted molar refractivity (Wildman–Crippen MR) is 70.0 cm³/mol. The van der Waals surface area contributed by atoms with E-state index in [4.69, 9.17) is 10.5 Å². The number of benzene rings is 1. The van der Waals surface area contributed by atoms with Crippen LogP contribution in [0.3, 0.4) is 0 Å². The van der Waals surface area contributed by atoms with Gasteiger partial charge in [-0.05, 0) is 18.4 Å². The number of hydrogen-bond acceptors (Lipinski definition) is 3. The van der Waals surface area contributed by atoms with Crippen LogP contribution < -0.4 is 5.73 Å². The first-order chi connectivity index (χ1) is 8.09. The molecule has 1 heterocycles. The van der Waals surface area contributed by atoms with Crippen LogP contribution in [0.5, 0.6) is 0 Å². The van der Waals surface area contributed by atoms with Gasteiger partial charge in [0.15, 0.2) is 0 Å². The van der Waals surface area contributed by atoms with Crippen LogP contribution in [0, 0.1) is 5.92 Å². The second-order valence-corrected chi connectivity index (χ2v) is 4.93. The second-order valence-electron chi connectivity index (χ2n) is 4.93. The molecule has 0 saturated carbocycles. The highest BCUT2D eigenvalue weighted by atomic mass is 16.5. The number of ether oxygens (including phenoxy) is 1. The molecular weight excluding hydrogens is 212 g/mol. The van der Waals surface area contributed by atoms with Crippen molar-refractivity contribution in [2.24, 2.45) is 16.6 Å². The van der Waals surface area contributed by atoms with Crippen molar-refractivity contribution in [3.8, 4) is 0 Å². The Bertz CT molecular complexity index is 400. The highest BCUT2D eigenvalue weighted by Gasteiger charge is 2.32. The Hall–Kier alpha value is -1.35. The molecule has 3 heteroatoms. The monoisotopic (exact) mass is 232 g/mol. The number of aliphatic imine (C=N–C) groups is 1. The summed E-state index contributed by atoms with van der Waals surface area (Å²) >= 11 is 0. The van der Waals surface area contributed by atoms with Crippen molar-refractivity contribution in [1.29, 1.82) is 0 Å². The van der Waals surface area contributed by atoms with Crippen molar-refractivity contribution in [2.45, 2.75) is 39.0 Å². The lowest BCUT2D eigenvalue weighted by Gasteiger charge is -2.18. The van der Waals surface area contributed by atoms with Crippen molar-refractivity contribution in [1.82, 2.24) is 0 Å². The zero-order chi connectivity index (χ0) is 12.4. The summed E-state index contributed by atoms with van der Waals surface area (Å²) in [5, 5.41) is 0. The van der Waals surface area contributed by atoms with Crippen molar-refractivity contribution >= 4 is 5.90 Å². The number of nitrogens with zero attached hydrogens (tertiary/aromatic N) is 1. The Morgan fingerprint density at radius 3 is 2.47 bits per heavy atom. The maximum Gasteiger partial charge on any atom is 0.202 e. The molecule has 1 aliphatic rings. The highest BCUT2D eigenvalue weighted by Crippen LogP contribution is 2.30. The minimum atomic E-state index is -0.105. The summed E-state index contributed by atoms with van der Waals surface area (Å²) in [7, 11) is 0. The van der Waals surface area contributed by atoms with Gasteiger partial charge in [-0.1, -0.05) is 44.2 Å². The molecule has 3 nitrogen and oxygen atoms in total. The van der Waals surface area contributed by atoms with Crippen molar-refractivity contribution < 1.29 is 4.74 Å². The Morgan fingerprint density at radius 2 is 1.88 bits per heavy atom. The lowest BCUT2D eigenvalue weighted by Crippen LogP contribution is -2.35. The summed E-state index contributed by atoms with van der Waals surface area (Å²) in [5.74, 6) is 1.04. The van der Waals surface area contributed by atoms with E-state index in [1.54, 1.807) is 0 Å². The van der Waals surface area contributed by atoms with Gasteiger partial charge in [0.25, 0.3) is 0 Å². The first-order valence-electron chi connectivity index (χ1n) is 6.14. The summed E-state index contributed by atoms with van der Waals surface area (Å²) in [6, 6.07) is 10.2. The first kappa shape index (κ1) is 12.1. The molecule has 2 rings (SSSR count). The van der Waals surface area contributed by atoms with Gasteiger partial charge in [-0.25, -0.2) is 4.99 Å². The van der Waals surface area contributed by atoms with Crippen molar-refractivity contribution in [3.05, 3.63) is 35.9 Å². The largest absolute Gasteiger partial charge is 0.469 e. The van der Waals surface area contributed by atoms with Crippen LogP contribution in [0.15, 0.2) is 35.3 Å². The van der Waals surface area contributed by atoms with Gasteiger partial charge in [0.1, 0.15) is 6.10 Å². The molecule has 0 bridgehead atoms. The molecular formula is C14H20N2O. The van der Waals surface area contributed by atoms with E-state index in [9.17, 15) is 0 Å². The standard InChI is InChI=1S/C14H20N2O/c1-9(2)12(15)14-16-10(3)13(17-14)11-7-5-4-6-8-11/h4-10,12-13H,15H2,1-3H3/t10-,12+,13+/m1/s1. The number of rotatable bonds is 3. The van der Waals surface area contributed by atoms with Crippen LogP contribution >= 0.6 is 0 Å². The topological polar surface area (TPSA) is 47.6 Å². The smallest absolute Gasteiger partial charge is 0.202 e. The summed E-state index contributed by atoms with van der Waals surface area (Å²) in [5.41, 5.74) is 7.23. The Kier molecular flexibility index (Phi) is 3.48. The van der Waals surface area contributed by atoms with E-state index in [-0.39, 0.29) is 18.2 Å². The van der Waals surface area contributed by atoms with E-state index in [1.807, 2.05) is 18.2 Å². The molecule has 0 fully saturated rings. The molecule has 1 aromatic rings. The third-order valence-electron chi connectivity index (χ3n) is 3.15. The van der Waals surface area contributed by atoms with Crippen molar-refractivity contribution in [2.75, 3.05) is 0 Å². The van der Waals surface area contributed by atoms with E-state index in [0.29, 0.717) is 11.8 Å². The molecule has 92 valence electrons. The average Bonchev–Trinajstić information content (AvgIpc) is 2.71. The average molecular weight is 232 g/mol. The Labute approximate surface area is 103 Å². The van der Waals surface area contributed by atoms with Gasteiger partial charge in [-0.2, -0.15) is 0 Å². The normalized spacial score (nSPS) is 25.6. The molecule has 1 aromatic carbocycles. The minimum Gasteiger partial charge on any atom is -0.469 e. The summed E-state index contributed by atoms with van der Waals surface area (Å²) in [6.07, 6.45) is 0.0102. The predicted octanol–water partition coefficient (Wildman–Crippen LogP) is 2.53. The zero-order valence-corrected chi connectivity index (χ0v) is 10.6. The maximum atomic E-state index is 6.07. The lowest BCUT2D eigenvalue weighted by molar-refractivity contribution is 0.191. The van der Waals surface area contributed by atoms with Gasteiger partial charge in [0.05, 0.1) is 12.1 Å². The molecule has 17 heavy (non-hydrogen) atoms. The van der Waals surface area contributed by atoms with Gasteiger partial charge < -0.3 is 10.5 Å². The SMILES string of the molecule is CC(C)[C@H](N)C1=N[C@H](C)[C@@H](c2ccccc2)O1. The molecule has 2 N–H and O–H groups in total. The fourth-order valence-electron chi connectivity index (χ4n) is 1.97. The first-order valence-corrected chi connectivity index (χ1v) is 6.14. The minimum absolute atomic E-state index is 0.0102. The van der Waals surface area contributed by atoms with Gasteiger partial charge >= 0.3 is 0 Å². The van der Waals surface area contributed by atoms with Crippen LogP contribution in [0.2, 0.25) is 0 Å². The molecule has 0 aliphatic carbocycles. The third-order valence-corrected chi connectivity index (χ3v) is 3.15. The van der Waals surface area contributed by atoms with Gasteiger partial charge in [0.2, 0.25) is 5.90 Å². The summed E-state index contributed by atoms with van der Waals surface area (Å²) in [4.78, 5) is 4.54. The van der Waals surface area contributed by atoms with E-state index in [0.717, 1.165) is 5.56 Å². The fourth-order valence-corrected chi connectivity index (χ4v) is 1.97. The Balaban J connectivity index is 2.13. The van der Waals surface area contributed by atoms with Crippen LogP contribution in [0.4, 0.5) is 0 Å². The fraction of sp³-hybridized carbons (Fsp3) is 0.500. The number of hydrogen-bond donors (Lipinski definition) is 1. The Morgan fingerprint density at radius 1 is 1.24 bits per heavy atom. The maximum absolute atomic E-state index is 6.07. The third kappa shape index (κ3) is 2.50. The van der Waals surface area contributed by atoms with Gasteiger partial charge in [0, 0.05) is 0 Å². The molecule has 0 unspecified atom stereocenters. The molecule has 0 radical (unpaired) electrons. The molecule has 0 amide bonds. The highest BCUT2D eigenvalue weighted by molar-refractivity contribution is 5.83. The van der Waals surface area contributed by atoms with Crippen molar-refractivity contribution in [3.63, 3.8) is 0 Å². The molecule has 0 saturated heterocycles. The van der Waals surface area contributed by atoms with Crippen LogP contribution in [0.1, 0.15) is 32.4 Å². The zero-order valence-electron chi connectivity index (χ0n) is 10.6. The quantitative estimate of drug-likeness (QED) is 0.870. The van der Waals surface area contributed by atoms with E-state index < -0.39 is 0 Å². The van der Waals surface area contributed by atoms with Crippen LogP contribution in [0.25, 0.3) is 0 Å². The van der Waals surface area contributed by atoms with E-state index >= 15 is 0 Å². The molecule has 0 aromatic heterocycles. The summed E-state index contributed by atoms with van der Waals surface area (Å²) in [6.45, 7) is 6.23. The van der Waals surface area contributed by atoms with E-state index in [2.05, 4.69) is 37.9 Å². The molecule has 1 aliphatic heterocycles. The van der Waals surface area contributed by atoms with Gasteiger partial charge in [-0.15, -0.1) is 0 Å². The second kappa shape index (κ2) is 4.88. The number of nitrogens with two attached hydrogens (primary N) is 1. The van der Waals surface area contributed by atoms with E-state index in [1.165, 1.54) is 0 Å². The lowest BCUT2D eigenvalue weighted by atomic mass is 10.0.